The second-order valence-corrected chi connectivity index (χ2v) is 9.18. The molecule has 0 saturated carbocycles. The van der Waals surface area contributed by atoms with Gasteiger partial charge in [0.15, 0.2) is 5.43 Å². The highest BCUT2D eigenvalue weighted by molar-refractivity contribution is 6.34. The molecule has 4 bridgehead atoms. The third kappa shape index (κ3) is 2.73. The number of benzene rings is 1. The van der Waals surface area contributed by atoms with E-state index in [9.17, 15) is 22.8 Å². The first-order chi connectivity index (χ1) is 15.1. The number of fused-ring (bicyclic) bond motifs is 1. The molecule has 5 fully saturated rings. The number of piperazine rings is 2. The van der Waals surface area contributed by atoms with Crippen LogP contribution in [0.4, 0.5) is 13.2 Å². The first-order valence-electron chi connectivity index (χ1n) is 10.4. The molecule has 32 heavy (non-hydrogen) atoms. The number of piperidine rings is 2. The van der Waals surface area contributed by atoms with Crippen molar-refractivity contribution in [2.24, 2.45) is 0 Å². The average Bonchev–Trinajstić information content (AvgIpc) is 2.72. The van der Waals surface area contributed by atoms with Gasteiger partial charge in [-0.1, -0.05) is 17.7 Å². The van der Waals surface area contributed by atoms with Gasteiger partial charge in [0.2, 0.25) is 5.84 Å². The summed E-state index contributed by atoms with van der Waals surface area (Å²) in [4.78, 5) is 29.9. The number of alkyl halides is 3. The van der Waals surface area contributed by atoms with Gasteiger partial charge in [-0.15, -0.1) is 0 Å². The number of hydrogen-bond acceptors (Lipinski definition) is 3. The number of pyridine rings is 1. The first kappa shape index (κ1) is 21.2. The molecule has 2 aromatic rings. The lowest BCUT2D eigenvalue weighted by Gasteiger charge is -2.71. The van der Waals surface area contributed by atoms with Gasteiger partial charge in [0.25, 0.3) is 5.91 Å². The van der Waals surface area contributed by atoms with Crippen molar-refractivity contribution in [2.45, 2.75) is 50.1 Å². The summed E-state index contributed by atoms with van der Waals surface area (Å²) in [6.45, 7) is 2.45. The lowest BCUT2D eigenvalue weighted by Crippen LogP contribution is -2.92. The quantitative estimate of drug-likeness (QED) is 0.403. The zero-order valence-corrected chi connectivity index (χ0v) is 17.9. The van der Waals surface area contributed by atoms with Gasteiger partial charge in [-0.05, 0) is 25.5 Å². The van der Waals surface area contributed by atoms with Crippen molar-refractivity contribution in [1.82, 2.24) is 9.88 Å². The lowest BCUT2D eigenvalue weighted by molar-refractivity contribution is -0.958. The van der Waals surface area contributed by atoms with Crippen LogP contribution in [0.2, 0.25) is 5.02 Å². The van der Waals surface area contributed by atoms with Crippen molar-refractivity contribution in [3.63, 3.8) is 0 Å². The number of hydrogen-bond donors (Lipinski definition) is 2. The van der Waals surface area contributed by atoms with Crippen LogP contribution in [0.25, 0.3) is 0 Å². The molecule has 5 aliphatic rings. The second kappa shape index (κ2) is 6.92. The molecular weight excluding hydrogens is 445 g/mol. The van der Waals surface area contributed by atoms with Crippen LogP contribution >= 0.6 is 11.6 Å². The van der Waals surface area contributed by atoms with Gasteiger partial charge in [0.1, 0.15) is 30.4 Å². The summed E-state index contributed by atoms with van der Waals surface area (Å²) >= 11 is 6.04. The Morgan fingerprint density at radius 1 is 1.25 bits per heavy atom. The van der Waals surface area contributed by atoms with E-state index in [4.69, 9.17) is 17.0 Å². The molecule has 168 valence electrons. The Kier molecular flexibility index (Phi) is 4.59. The summed E-state index contributed by atoms with van der Waals surface area (Å²) in [6.07, 6.45) is -1.62. The highest BCUT2D eigenvalue weighted by atomic mass is 35.5. The Morgan fingerprint density at radius 3 is 2.66 bits per heavy atom. The number of aromatic amines is 1. The summed E-state index contributed by atoms with van der Waals surface area (Å²) in [6, 6.07) is 5.62. The zero-order valence-electron chi connectivity index (χ0n) is 17.1. The number of nitrogens with one attached hydrogen (secondary N) is 2. The number of nitrogens with zero attached hydrogens (tertiary/aromatic N) is 2. The van der Waals surface area contributed by atoms with Crippen LogP contribution < -0.4 is 5.43 Å². The molecule has 5 unspecified atom stereocenters. The number of quaternary nitrogens is 1. The molecule has 0 spiro atoms. The van der Waals surface area contributed by atoms with Crippen molar-refractivity contribution < 1.29 is 22.4 Å². The summed E-state index contributed by atoms with van der Waals surface area (Å²) < 4.78 is 40.3. The SMILES string of the molecule is CC1C2CCC3C(C[N+]13C(=N)c1cc(=O)cc[nH]1)N2C(=O)c1cccc(C(F)(F)F)c1Cl. The predicted octanol–water partition coefficient (Wildman–Crippen LogP) is 3.65. The molecule has 6 nitrogen and oxygen atoms in total. The van der Waals surface area contributed by atoms with Gasteiger partial charge in [-0.3, -0.25) is 14.1 Å². The highest BCUT2D eigenvalue weighted by Gasteiger charge is 2.72. The molecule has 7 rings (SSSR count). The molecule has 1 amide bonds. The lowest BCUT2D eigenvalue weighted by atomic mass is 9.69. The van der Waals surface area contributed by atoms with Gasteiger partial charge >= 0.3 is 6.18 Å². The molecule has 5 saturated heterocycles. The fourth-order valence-corrected chi connectivity index (χ4v) is 6.34. The molecular formula is C22H21ClF3N4O2+. The first-order valence-corrected chi connectivity index (χ1v) is 10.8. The fourth-order valence-electron chi connectivity index (χ4n) is 6.03. The van der Waals surface area contributed by atoms with Crippen LogP contribution in [-0.2, 0) is 6.18 Å². The van der Waals surface area contributed by atoms with E-state index in [0.717, 1.165) is 12.5 Å². The maximum Gasteiger partial charge on any atom is 0.417 e. The molecule has 0 radical (unpaired) electrons. The summed E-state index contributed by atoms with van der Waals surface area (Å²) in [5.41, 5.74) is -0.902. The Morgan fingerprint density at radius 2 is 2.00 bits per heavy atom. The normalized spacial score (nSPS) is 30.7. The number of halogens is 4. The minimum absolute atomic E-state index is 0.0419. The van der Waals surface area contributed by atoms with Crippen LogP contribution in [0.3, 0.4) is 0 Å². The van der Waals surface area contributed by atoms with E-state index in [0.29, 0.717) is 29.0 Å². The summed E-state index contributed by atoms with van der Waals surface area (Å²) in [7, 11) is 0. The van der Waals surface area contributed by atoms with Crippen molar-refractivity contribution in [1.29, 1.82) is 5.41 Å². The third-order valence-electron chi connectivity index (χ3n) is 7.50. The van der Waals surface area contributed by atoms with E-state index >= 15 is 0 Å². The highest BCUT2D eigenvalue weighted by Crippen LogP contribution is 2.52. The maximum atomic E-state index is 13.4. The summed E-state index contributed by atoms with van der Waals surface area (Å²) in [5.74, 6) is -0.185. The average molecular weight is 466 g/mol. The number of carbonyl (C=O) groups excluding carboxylic acids is 1. The van der Waals surface area contributed by atoms with Gasteiger partial charge < -0.3 is 9.88 Å². The van der Waals surface area contributed by atoms with Crippen molar-refractivity contribution in [2.75, 3.05) is 6.54 Å². The molecule has 2 N–H and O–H groups in total. The standard InChI is InChI=1S/C22H20ClF3N4O2/c1-11-16-5-6-18-17(10-30(11,18)20(27)15-9-12(31)7-8-28-15)29(16)21(32)13-3-2-4-14(19(13)23)22(24,25)26/h2-4,7-9,11,16-18,27H,5-6,10H2,1H3/p+1. The van der Waals surface area contributed by atoms with Crippen LogP contribution in [0.5, 0.6) is 0 Å². The maximum absolute atomic E-state index is 13.4. The van der Waals surface area contributed by atoms with Gasteiger partial charge in [-0.2, -0.15) is 13.2 Å². The molecule has 0 aliphatic carbocycles. The number of H-pyrrole nitrogens is 1. The van der Waals surface area contributed by atoms with Gasteiger partial charge in [0.05, 0.1) is 22.2 Å². The summed E-state index contributed by atoms with van der Waals surface area (Å²) in [5, 5.41) is 8.29. The molecule has 5 aliphatic heterocycles. The van der Waals surface area contributed by atoms with E-state index in [1.54, 1.807) is 4.90 Å². The zero-order chi connectivity index (χ0) is 23.0. The van der Waals surface area contributed by atoms with E-state index in [1.165, 1.54) is 30.5 Å². The number of amidine groups is 1. The van der Waals surface area contributed by atoms with Crippen LogP contribution in [-0.4, -0.2) is 56.8 Å². The molecule has 1 aromatic heterocycles. The topological polar surface area (TPSA) is 77.0 Å². The Bertz CT molecular complexity index is 1190. The van der Waals surface area contributed by atoms with E-state index in [-0.39, 0.29) is 35.2 Å². The molecule has 1 aromatic carbocycles. The van der Waals surface area contributed by atoms with Crippen LogP contribution in [0, 0.1) is 5.41 Å². The van der Waals surface area contributed by atoms with Crippen LogP contribution in [0.1, 0.15) is 41.4 Å². The number of aromatic nitrogens is 1. The van der Waals surface area contributed by atoms with Crippen molar-refractivity contribution in [3.05, 3.63) is 68.6 Å². The second-order valence-electron chi connectivity index (χ2n) is 8.80. The Labute approximate surface area is 186 Å². The van der Waals surface area contributed by atoms with E-state index < -0.39 is 22.7 Å². The van der Waals surface area contributed by atoms with E-state index in [1.807, 2.05) is 6.92 Å². The molecule has 10 heteroatoms. The largest absolute Gasteiger partial charge is 0.417 e. The minimum atomic E-state index is -4.65. The molecule has 5 atom stereocenters. The number of carbonyl (C=O) groups is 1. The van der Waals surface area contributed by atoms with E-state index in [2.05, 4.69) is 4.98 Å². The predicted molar refractivity (Wildman–Crippen MR) is 112 cm³/mol. The van der Waals surface area contributed by atoms with Crippen molar-refractivity contribution in [3.8, 4) is 0 Å². The van der Waals surface area contributed by atoms with Crippen molar-refractivity contribution >= 4 is 23.3 Å². The number of amides is 1. The minimum Gasteiger partial charge on any atom is -0.355 e. The fraction of sp³-hybridized carbons (Fsp3) is 0.409. The Hall–Kier alpha value is -2.65. The number of rotatable bonds is 2. The van der Waals surface area contributed by atoms with Crippen LogP contribution in [0.15, 0.2) is 41.3 Å². The van der Waals surface area contributed by atoms with Gasteiger partial charge in [0, 0.05) is 24.8 Å². The third-order valence-corrected chi connectivity index (χ3v) is 7.90. The smallest absolute Gasteiger partial charge is 0.355 e. The monoisotopic (exact) mass is 465 g/mol. The van der Waals surface area contributed by atoms with Gasteiger partial charge in [-0.25, -0.2) is 5.41 Å². The molecule has 6 heterocycles. The Balaban J connectivity index is 1.49.